The molecular formula is C25H10N12. The Morgan fingerprint density at radius 1 is 0.568 bits per heavy atom. The summed E-state index contributed by atoms with van der Waals surface area (Å²) in [6.07, 6.45) is 11.6. The number of aromatic amines is 2. The minimum atomic E-state index is -0.960. The molecule has 0 fully saturated rings. The first-order valence-corrected chi connectivity index (χ1v) is 12.0. The molecule has 1 spiro atoms. The Kier molecular flexibility index (Phi) is 1.98. The molecule has 6 aromatic rings. The lowest BCUT2D eigenvalue weighted by molar-refractivity contribution is 0.0949. The summed E-state index contributed by atoms with van der Waals surface area (Å²) < 4.78 is 8.89. The average molecular weight is 478 g/mol. The van der Waals surface area contributed by atoms with E-state index < -0.39 is 5.91 Å². The maximum atomic E-state index is 5.25. The summed E-state index contributed by atoms with van der Waals surface area (Å²) in [4.78, 5) is 37.3. The number of nitrogens with one attached hydrogen (secondary N) is 2. The molecule has 0 bridgehead atoms. The number of hydrogen-bond donors (Lipinski definition) is 2. The van der Waals surface area contributed by atoms with Crippen molar-refractivity contribution in [1.29, 1.82) is 0 Å². The van der Waals surface area contributed by atoms with Crippen molar-refractivity contribution in [2.45, 2.75) is 5.91 Å². The number of fused-ring (bicyclic) bond motifs is 12. The van der Waals surface area contributed by atoms with Crippen LogP contribution in [0.4, 0.5) is 23.3 Å². The highest BCUT2D eigenvalue weighted by Crippen LogP contribution is 2.49. The van der Waals surface area contributed by atoms with Crippen LogP contribution < -0.4 is 32.7 Å². The van der Waals surface area contributed by atoms with Gasteiger partial charge < -0.3 is 9.97 Å². The topological polar surface area (TPSA) is 125 Å². The van der Waals surface area contributed by atoms with Crippen LogP contribution in [-0.2, 0) is 5.91 Å². The van der Waals surface area contributed by atoms with Crippen molar-refractivity contribution in [3.63, 3.8) is 0 Å². The summed E-state index contributed by atoms with van der Waals surface area (Å²) >= 11 is 0. The van der Waals surface area contributed by atoms with Crippen molar-refractivity contribution in [3.05, 3.63) is 80.7 Å². The van der Waals surface area contributed by atoms with Gasteiger partial charge in [0.1, 0.15) is 10.7 Å². The molecule has 37 heavy (non-hydrogen) atoms. The molecule has 2 N–H and O–H groups in total. The molecule has 0 radical (unpaired) electrons. The number of aromatic nitrogens is 6. The smallest absolute Gasteiger partial charge is 0.305 e. The third kappa shape index (κ3) is 1.29. The fraction of sp³-hybridized carbons (Fsp3) is 0.0400. The maximum Gasteiger partial charge on any atom is 0.305 e. The largest absolute Gasteiger partial charge is 0.358 e. The van der Waals surface area contributed by atoms with E-state index in [4.69, 9.17) is 30.0 Å². The molecule has 12 heterocycles. The van der Waals surface area contributed by atoms with E-state index in [0.717, 1.165) is 88.9 Å². The zero-order valence-corrected chi connectivity index (χ0v) is 18.6. The molecule has 0 aliphatic carbocycles. The Balaban J connectivity index is 1.54. The normalized spacial score (nSPS) is 20.5. The van der Waals surface area contributed by atoms with Crippen LogP contribution in [0.15, 0.2) is 66.9 Å². The second-order valence-corrected chi connectivity index (χ2v) is 9.92. The minimum Gasteiger partial charge on any atom is -0.358 e. The van der Waals surface area contributed by atoms with Crippen molar-refractivity contribution < 1.29 is 0 Å². The van der Waals surface area contributed by atoms with Crippen LogP contribution in [0.2, 0.25) is 0 Å². The third-order valence-corrected chi connectivity index (χ3v) is 8.47. The minimum absolute atomic E-state index is 0.769. The molecule has 170 valence electrons. The van der Waals surface area contributed by atoms with Crippen molar-refractivity contribution >= 4 is 57.2 Å². The molecule has 0 saturated carbocycles. The number of nitrogens with zero attached hydrogens (tertiary/aromatic N) is 10. The van der Waals surface area contributed by atoms with Gasteiger partial charge in [0.2, 0.25) is 0 Å². The van der Waals surface area contributed by atoms with Crippen molar-refractivity contribution in [2.75, 3.05) is 0 Å². The predicted octanol–water partition coefficient (Wildman–Crippen LogP) is 0.334. The highest BCUT2D eigenvalue weighted by molar-refractivity contribution is 5.99. The molecule has 6 aromatic heterocycles. The first-order valence-electron chi connectivity index (χ1n) is 12.0. The molecule has 12 rings (SSSR count). The fourth-order valence-electron chi connectivity index (χ4n) is 7.18. The highest BCUT2D eigenvalue weighted by atomic mass is 15.7. The number of hydrogen-bond acceptors (Lipinski definition) is 6. The number of H-pyrrole nitrogens is 2. The van der Waals surface area contributed by atoms with Crippen LogP contribution in [0, 0.1) is 0 Å². The van der Waals surface area contributed by atoms with Gasteiger partial charge in [-0.1, -0.05) is 0 Å². The van der Waals surface area contributed by atoms with Gasteiger partial charge in [-0.2, -0.15) is 0 Å². The number of rotatable bonds is 0. The molecule has 1 atom stereocenters. The Labute approximate surface area is 202 Å². The van der Waals surface area contributed by atoms with Gasteiger partial charge in [-0.25, -0.2) is 38.2 Å². The van der Waals surface area contributed by atoms with E-state index in [0.29, 0.717) is 0 Å². The molecule has 12 heteroatoms. The molecule has 0 amide bonds. The summed E-state index contributed by atoms with van der Waals surface area (Å²) in [5, 5.41) is 3.69. The Morgan fingerprint density at radius 3 is 1.95 bits per heavy atom. The fourth-order valence-corrected chi connectivity index (χ4v) is 7.18. The monoisotopic (exact) mass is 478 g/mol. The van der Waals surface area contributed by atoms with Crippen LogP contribution in [0.1, 0.15) is 11.1 Å². The maximum absolute atomic E-state index is 5.25. The molecule has 0 aromatic carbocycles. The van der Waals surface area contributed by atoms with Crippen molar-refractivity contribution in [2.24, 2.45) is 30.0 Å². The zero-order chi connectivity index (χ0) is 23.4. The summed E-state index contributed by atoms with van der Waals surface area (Å²) in [5.74, 6) is 2.31. The first-order chi connectivity index (χ1) is 18.4. The van der Waals surface area contributed by atoms with Gasteiger partial charge in [0.25, 0.3) is 0 Å². The van der Waals surface area contributed by atoms with E-state index in [9.17, 15) is 0 Å². The Morgan fingerprint density at radius 2 is 1.19 bits per heavy atom. The highest BCUT2D eigenvalue weighted by Gasteiger charge is 2.56. The lowest BCUT2D eigenvalue weighted by Crippen LogP contribution is -2.69. The van der Waals surface area contributed by atoms with Gasteiger partial charge in [-0.3, -0.25) is 9.98 Å². The van der Waals surface area contributed by atoms with Gasteiger partial charge in [-0.15, -0.1) is 0 Å². The molecular weight excluding hydrogens is 468 g/mol. The van der Waals surface area contributed by atoms with E-state index in [2.05, 4.69) is 40.4 Å². The summed E-state index contributed by atoms with van der Waals surface area (Å²) in [5.41, 5.74) is 7.02. The quantitative estimate of drug-likeness (QED) is 0.312. The van der Waals surface area contributed by atoms with E-state index in [1.54, 1.807) is 0 Å². The van der Waals surface area contributed by atoms with Gasteiger partial charge >= 0.3 is 5.91 Å². The van der Waals surface area contributed by atoms with Gasteiger partial charge in [0, 0.05) is 46.7 Å². The third-order valence-electron chi connectivity index (χ3n) is 8.47. The Hall–Kier alpha value is -5.52. The molecule has 0 unspecified atom stereocenters. The summed E-state index contributed by atoms with van der Waals surface area (Å²) in [7, 11) is 0. The lowest BCUT2D eigenvalue weighted by atomic mass is 10.3. The standard InChI is InChI=1S/C25H10N12/c1-5-26-13-9(1)17-30-22-14-10(2-6-27-14)19-32-24-16-12(4-8-29-16)20-33-23-15-11(3-7-28-15)18-31-21(13)34(17)25(35(19)22,36(18)23)37(20)24/h1-8,26-27H/t25-/m0/s1. The second-order valence-electron chi connectivity index (χ2n) is 9.92. The van der Waals surface area contributed by atoms with Crippen molar-refractivity contribution in [1.82, 2.24) is 28.2 Å². The molecule has 0 saturated heterocycles. The first kappa shape index (κ1) is 16.2. The van der Waals surface area contributed by atoms with Crippen LogP contribution in [-0.4, -0.2) is 28.2 Å². The second kappa shape index (κ2) is 4.53. The van der Waals surface area contributed by atoms with E-state index >= 15 is 0 Å². The zero-order valence-electron chi connectivity index (χ0n) is 18.6. The molecule has 6 aliphatic heterocycles. The predicted molar refractivity (Wildman–Crippen MR) is 129 cm³/mol. The average Bonchev–Trinajstić information content (AvgIpc) is 3.73. The summed E-state index contributed by atoms with van der Waals surface area (Å²) in [6.45, 7) is 0. The summed E-state index contributed by atoms with van der Waals surface area (Å²) in [6, 6.07) is 4.14. The van der Waals surface area contributed by atoms with Crippen LogP contribution >= 0.6 is 0 Å². The Bertz CT molecular complexity index is 2690. The lowest BCUT2D eigenvalue weighted by Gasteiger charge is -2.46. The van der Waals surface area contributed by atoms with E-state index in [1.165, 1.54) is 0 Å². The van der Waals surface area contributed by atoms with Gasteiger partial charge in [0.15, 0.2) is 45.2 Å². The van der Waals surface area contributed by atoms with E-state index in [1.807, 2.05) is 36.9 Å². The van der Waals surface area contributed by atoms with Crippen molar-refractivity contribution in [3.8, 4) is 0 Å². The van der Waals surface area contributed by atoms with Crippen LogP contribution in [0.25, 0.3) is 34.0 Å². The molecule has 12 nitrogen and oxygen atoms in total. The SMILES string of the molecule is C1=Cc2c3n4c(c2=N1)=Nc1c2cc[nH]c2c2n1[C@@]41n4c(c5c(c4=N3)=NC=C5)N=c3c4[nH]ccc4c(n31)=N2. The van der Waals surface area contributed by atoms with Crippen LogP contribution in [0.5, 0.6) is 0 Å². The van der Waals surface area contributed by atoms with Gasteiger partial charge in [-0.05, 0) is 24.3 Å². The van der Waals surface area contributed by atoms with Gasteiger partial charge in [0.05, 0.1) is 11.0 Å². The van der Waals surface area contributed by atoms with Crippen LogP contribution in [0.3, 0.4) is 0 Å². The van der Waals surface area contributed by atoms with E-state index in [-0.39, 0.29) is 0 Å². The molecule has 6 aliphatic rings.